The van der Waals surface area contributed by atoms with Gasteiger partial charge in [0.05, 0.1) is 17.6 Å². The molecule has 0 N–H and O–H groups in total. The summed E-state index contributed by atoms with van der Waals surface area (Å²) in [7, 11) is 0. The molecule has 0 spiro atoms. The molecule has 3 rings (SSSR count). The number of esters is 1. The number of carbonyl (C=O) groups excluding carboxylic acids is 1. The number of nitro benzene ring substituents is 1. The van der Waals surface area contributed by atoms with Gasteiger partial charge in [-0.25, -0.2) is 4.79 Å². The van der Waals surface area contributed by atoms with Crippen LogP contribution < -0.4 is 4.90 Å². The maximum absolute atomic E-state index is 12.2. The summed E-state index contributed by atoms with van der Waals surface area (Å²) in [5.41, 5.74) is 2.97. The average molecular weight is 326 g/mol. The monoisotopic (exact) mass is 326 g/mol. The van der Waals surface area contributed by atoms with Crippen LogP contribution in [0.15, 0.2) is 48.5 Å². The van der Waals surface area contributed by atoms with Gasteiger partial charge in [-0.2, -0.15) is 0 Å². The van der Waals surface area contributed by atoms with Crippen molar-refractivity contribution >= 4 is 17.3 Å². The number of hydrogen-bond acceptors (Lipinski definition) is 5. The summed E-state index contributed by atoms with van der Waals surface area (Å²) >= 11 is 0. The molecule has 1 heterocycles. The lowest BCUT2D eigenvalue weighted by molar-refractivity contribution is -0.384. The van der Waals surface area contributed by atoms with E-state index in [9.17, 15) is 14.9 Å². The van der Waals surface area contributed by atoms with Crippen LogP contribution in [0, 0.1) is 17.0 Å². The lowest BCUT2D eigenvalue weighted by Crippen LogP contribution is -2.15. The zero-order valence-electron chi connectivity index (χ0n) is 13.5. The van der Waals surface area contributed by atoms with Gasteiger partial charge in [-0.1, -0.05) is 29.8 Å². The summed E-state index contributed by atoms with van der Waals surface area (Å²) in [6.07, 6.45) is 0. The van der Waals surface area contributed by atoms with E-state index in [4.69, 9.17) is 4.74 Å². The largest absolute Gasteiger partial charge is 0.464 e. The molecule has 1 saturated heterocycles. The van der Waals surface area contributed by atoms with Crippen molar-refractivity contribution < 1.29 is 14.5 Å². The molecular weight excluding hydrogens is 308 g/mol. The first-order valence-corrected chi connectivity index (χ1v) is 7.79. The van der Waals surface area contributed by atoms with Crippen molar-refractivity contribution in [2.24, 2.45) is 0 Å². The van der Waals surface area contributed by atoms with Crippen LogP contribution >= 0.6 is 0 Å². The van der Waals surface area contributed by atoms with Crippen molar-refractivity contribution in [3.63, 3.8) is 0 Å². The zero-order chi connectivity index (χ0) is 17.3. The second kappa shape index (κ2) is 6.31. The molecule has 0 amide bonds. The van der Waals surface area contributed by atoms with Gasteiger partial charge >= 0.3 is 5.97 Å². The molecule has 0 saturated carbocycles. The molecule has 2 aromatic carbocycles. The summed E-state index contributed by atoms with van der Waals surface area (Å²) in [5, 5.41) is 10.8. The maximum Gasteiger partial charge on any atom is 0.331 e. The molecule has 0 radical (unpaired) electrons. The van der Waals surface area contributed by atoms with Crippen LogP contribution in [0.1, 0.15) is 24.1 Å². The molecule has 1 fully saturated rings. The van der Waals surface area contributed by atoms with Gasteiger partial charge in [0.1, 0.15) is 0 Å². The summed E-state index contributed by atoms with van der Waals surface area (Å²) < 4.78 is 5.17. The summed E-state index contributed by atoms with van der Waals surface area (Å²) in [6, 6.07) is 13.7. The van der Waals surface area contributed by atoms with Gasteiger partial charge < -0.3 is 9.64 Å². The molecule has 1 aliphatic heterocycles. The van der Waals surface area contributed by atoms with Crippen LogP contribution in [0.4, 0.5) is 11.4 Å². The molecule has 0 bridgehead atoms. The first-order valence-electron chi connectivity index (χ1n) is 7.79. The number of hydrogen-bond donors (Lipinski definition) is 0. The average Bonchev–Trinajstić information content (AvgIpc) is 3.31. The molecule has 0 unspecified atom stereocenters. The Labute approximate surface area is 139 Å². The van der Waals surface area contributed by atoms with E-state index >= 15 is 0 Å². The molecule has 0 aliphatic carbocycles. The highest BCUT2D eigenvalue weighted by molar-refractivity contribution is 5.89. The van der Waals surface area contributed by atoms with Crippen LogP contribution in [0.25, 0.3) is 0 Å². The van der Waals surface area contributed by atoms with Crippen LogP contribution in [0.3, 0.4) is 0 Å². The van der Waals surface area contributed by atoms with Gasteiger partial charge in [0.2, 0.25) is 0 Å². The van der Waals surface area contributed by atoms with Crippen molar-refractivity contribution in [1.82, 2.24) is 0 Å². The lowest BCUT2D eigenvalue weighted by Gasteiger charge is -2.06. The van der Waals surface area contributed by atoms with Crippen LogP contribution in [-0.2, 0) is 9.53 Å². The minimum absolute atomic E-state index is 0.0361. The molecular formula is C18H18N2O4. The molecule has 6 heteroatoms. The number of non-ortho nitro benzene ring substituents is 1. The van der Waals surface area contributed by atoms with Crippen molar-refractivity contribution in [2.75, 3.05) is 11.5 Å². The Morgan fingerprint density at radius 1 is 1.17 bits per heavy atom. The fourth-order valence-electron chi connectivity index (χ4n) is 2.88. The highest BCUT2D eigenvalue weighted by Crippen LogP contribution is 2.47. The van der Waals surface area contributed by atoms with Gasteiger partial charge in [0, 0.05) is 17.8 Å². The third kappa shape index (κ3) is 2.95. The Hall–Kier alpha value is -2.89. The lowest BCUT2D eigenvalue weighted by atomic mass is 10.1. The number of ether oxygens (including phenoxy) is 1. The number of carbonyl (C=O) groups is 1. The number of nitro groups is 1. The van der Waals surface area contributed by atoms with E-state index in [1.165, 1.54) is 12.1 Å². The third-order valence-electron chi connectivity index (χ3n) is 4.11. The van der Waals surface area contributed by atoms with E-state index in [2.05, 4.69) is 0 Å². The van der Waals surface area contributed by atoms with Crippen molar-refractivity contribution in [2.45, 2.75) is 25.9 Å². The zero-order valence-corrected chi connectivity index (χ0v) is 13.5. The second-order valence-corrected chi connectivity index (χ2v) is 5.73. The van der Waals surface area contributed by atoms with E-state index in [0.717, 1.165) is 16.8 Å². The Morgan fingerprint density at radius 3 is 2.33 bits per heavy atom. The SMILES string of the molecule is CCOC(=O)[C@H]1[C@@H](c2ccc([N+](=O)[O-])cc2)N1c1ccc(C)cc1. The quantitative estimate of drug-likeness (QED) is 0.364. The van der Waals surface area contributed by atoms with Crippen LogP contribution in [-0.4, -0.2) is 23.5 Å². The van der Waals surface area contributed by atoms with E-state index in [0.29, 0.717) is 6.61 Å². The topological polar surface area (TPSA) is 72.5 Å². The molecule has 124 valence electrons. The summed E-state index contributed by atoms with van der Waals surface area (Å²) in [4.78, 5) is 24.6. The maximum atomic E-state index is 12.2. The van der Waals surface area contributed by atoms with E-state index in [-0.39, 0.29) is 17.7 Å². The Bertz CT molecular complexity index is 756. The van der Waals surface area contributed by atoms with E-state index in [1.807, 2.05) is 36.1 Å². The van der Waals surface area contributed by atoms with Gasteiger partial charge in [0.15, 0.2) is 6.04 Å². The van der Waals surface area contributed by atoms with Gasteiger partial charge in [-0.3, -0.25) is 10.1 Å². The third-order valence-corrected chi connectivity index (χ3v) is 4.11. The van der Waals surface area contributed by atoms with Crippen LogP contribution in [0.2, 0.25) is 0 Å². The molecule has 0 aromatic heterocycles. The highest BCUT2D eigenvalue weighted by atomic mass is 16.6. The molecule has 6 nitrogen and oxygen atoms in total. The number of anilines is 1. The predicted octanol–water partition coefficient (Wildman–Crippen LogP) is 3.40. The van der Waals surface area contributed by atoms with Crippen molar-refractivity contribution in [3.05, 3.63) is 69.8 Å². The normalized spacial score (nSPS) is 19.0. The highest BCUT2D eigenvalue weighted by Gasteiger charge is 2.54. The van der Waals surface area contributed by atoms with Crippen molar-refractivity contribution in [3.8, 4) is 0 Å². The smallest absolute Gasteiger partial charge is 0.331 e. The van der Waals surface area contributed by atoms with Crippen LogP contribution in [0.5, 0.6) is 0 Å². The summed E-state index contributed by atoms with van der Waals surface area (Å²) in [6.45, 7) is 4.10. The first kappa shape index (κ1) is 16.0. The Kier molecular flexibility index (Phi) is 4.20. The van der Waals surface area contributed by atoms with E-state index in [1.54, 1.807) is 19.1 Å². The van der Waals surface area contributed by atoms with Gasteiger partial charge in [0.25, 0.3) is 5.69 Å². The predicted molar refractivity (Wildman–Crippen MR) is 89.9 cm³/mol. The van der Waals surface area contributed by atoms with Gasteiger partial charge in [-0.15, -0.1) is 0 Å². The first-order chi connectivity index (χ1) is 11.5. The fourth-order valence-corrected chi connectivity index (χ4v) is 2.88. The number of aryl methyl sites for hydroxylation is 1. The van der Waals surface area contributed by atoms with E-state index < -0.39 is 11.0 Å². The molecule has 2 atom stereocenters. The minimum Gasteiger partial charge on any atom is -0.464 e. The Morgan fingerprint density at radius 2 is 1.79 bits per heavy atom. The Balaban J connectivity index is 1.89. The van der Waals surface area contributed by atoms with Gasteiger partial charge in [-0.05, 0) is 31.5 Å². The molecule has 2 aromatic rings. The standard InChI is InChI=1S/C18H18N2O4/c1-3-24-18(21)17-16(13-6-10-15(11-7-13)20(22)23)19(17)14-8-4-12(2)5-9-14/h4-11,16-17H,3H2,1-2H3/t16-,17-,19?/m1/s1. The minimum atomic E-state index is -0.433. The molecule has 24 heavy (non-hydrogen) atoms. The molecule has 1 aliphatic rings. The second-order valence-electron chi connectivity index (χ2n) is 5.73. The number of benzene rings is 2. The fraction of sp³-hybridized carbons (Fsp3) is 0.278. The number of rotatable bonds is 5. The number of nitrogens with zero attached hydrogens (tertiary/aromatic N) is 2. The summed E-state index contributed by atoms with van der Waals surface area (Å²) in [5.74, 6) is -0.276. The van der Waals surface area contributed by atoms with Crippen molar-refractivity contribution in [1.29, 1.82) is 0 Å².